The van der Waals surface area contributed by atoms with Gasteiger partial charge in [-0.05, 0) is 23.6 Å². The molecule has 0 aliphatic rings. The minimum Gasteiger partial charge on any atom is -0.394 e. The van der Waals surface area contributed by atoms with Gasteiger partial charge in [-0.25, -0.2) is 4.39 Å². The summed E-state index contributed by atoms with van der Waals surface area (Å²) in [5.41, 5.74) is 6.92. The molecule has 3 heteroatoms. The van der Waals surface area contributed by atoms with E-state index in [-0.39, 0.29) is 12.4 Å². The molecule has 0 spiro atoms. The van der Waals surface area contributed by atoms with Crippen molar-refractivity contribution in [3.8, 4) is 0 Å². The number of rotatable bonds is 3. The van der Waals surface area contributed by atoms with Gasteiger partial charge in [-0.15, -0.1) is 0 Å². The van der Waals surface area contributed by atoms with Crippen LogP contribution in [0.4, 0.5) is 4.39 Å². The van der Waals surface area contributed by atoms with Crippen LogP contribution < -0.4 is 5.73 Å². The van der Waals surface area contributed by atoms with E-state index in [0.29, 0.717) is 17.5 Å². The fraction of sp³-hybridized carbons (Fsp3) is 0.400. The van der Waals surface area contributed by atoms with Crippen molar-refractivity contribution in [2.45, 2.75) is 19.4 Å². The first-order valence-electron chi connectivity index (χ1n) is 4.34. The first kappa shape index (κ1) is 10.2. The normalized spacial score (nSPS) is 12.9. The van der Waals surface area contributed by atoms with Crippen LogP contribution in [0.5, 0.6) is 0 Å². The highest BCUT2D eigenvalue weighted by molar-refractivity contribution is 5.31. The Bertz CT molecular complexity index is 288. The maximum Gasteiger partial charge on any atom is 0.126 e. The summed E-state index contributed by atoms with van der Waals surface area (Å²) in [5, 5.41) is 8.85. The van der Waals surface area contributed by atoms with Crippen LogP contribution in [0.25, 0.3) is 0 Å². The summed E-state index contributed by atoms with van der Waals surface area (Å²) in [6.45, 7) is 1.71. The number of hydrogen-bond acceptors (Lipinski definition) is 2. The van der Waals surface area contributed by atoms with Gasteiger partial charge >= 0.3 is 0 Å². The third-order valence-electron chi connectivity index (χ3n) is 2.10. The van der Waals surface area contributed by atoms with E-state index in [2.05, 4.69) is 0 Å². The summed E-state index contributed by atoms with van der Waals surface area (Å²) >= 11 is 0. The zero-order chi connectivity index (χ0) is 9.84. The number of hydrogen-bond donors (Lipinski definition) is 2. The lowest BCUT2D eigenvalue weighted by Crippen LogP contribution is -2.17. The molecule has 0 unspecified atom stereocenters. The van der Waals surface area contributed by atoms with E-state index in [1.807, 2.05) is 6.92 Å². The molecule has 0 saturated carbocycles. The van der Waals surface area contributed by atoms with Gasteiger partial charge in [0, 0.05) is 0 Å². The molecule has 0 aliphatic carbocycles. The molecule has 0 radical (unpaired) electrons. The third-order valence-corrected chi connectivity index (χ3v) is 2.10. The van der Waals surface area contributed by atoms with E-state index in [1.54, 1.807) is 12.1 Å². The zero-order valence-electron chi connectivity index (χ0n) is 7.63. The van der Waals surface area contributed by atoms with Crippen molar-refractivity contribution in [1.29, 1.82) is 0 Å². The first-order valence-corrected chi connectivity index (χ1v) is 4.34. The number of aliphatic hydroxyl groups excluding tert-OH is 1. The van der Waals surface area contributed by atoms with E-state index in [0.717, 1.165) is 0 Å². The van der Waals surface area contributed by atoms with Crippen molar-refractivity contribution >= 4 is 0 Å². The molecule has 0 fully saturated rings. The standard InChI is InChI=1S/C10H14FNO/c1-2-7-8(10(12)6-13)4-3-5-9(7)11/h3-5,10,13H,2,6,12H2,1H3/t10-/m0/s1. The van der Waals surface area contributed by atoms with E-state index < -0.39 is 6.04 Å². The average Bonchev–Trinajstić information content (AvgIpc) is 2.16. The maximum absolute atomic E-state index is 13.2. The molecule has 72 valence electrons. The number of nitrogens with two attached hydrogens (primary N) is 1. The molecule has 0 aromatic heterocycles. The molecule has 1 rings (SSSR count). The predicted octanol–water partition coefficient (Wildman–Crippen LogP) is 1.38. The Morgan fingerprint density at radius 1 is 1.54 bits per heavy atom. The van der Waals surface area contributed by atoms with Crippen LogP contribution in [0, 0.1) is 5.82 Å². The molecular weight excluding hydrogens is 169 g/mol. The Kier molecular flexibility index (Phi) is 3.39. The SMILES string of the molecule is CCc1c(F)cccc1[C@@H](N)CO. The second-order valence-corrected chi connectivity index (χ2v) is 2.95. The average molecular weight is 183 g/mol. The number of benzene rings is 1. The summed E-state index contributed by atoms with van der Waals surface area (Å²) in [6, 6.07) is 4.29. The van der Waals surface area contributed by atoms with Crippen molar-refractivity contribution in [2.24, 2.45) is 5.73 Å². The van der Waals surface area contributed by atoms with Gasteiger partial charge in [-0.1, -0.05) is 19.1 Å². The minimum atomic E-state index is -0.481. The number of aliphatic hydroxyl groups is 1. The molecule has 0 amide bonds. The van der Waals surface area contributed by atoms with Crippen molar-refractivity contribution in [3.05, 3.63) is 35.1 Å². The van der Waals surface area contributed by atoms with E-state index >= 15 is 0 Å². The van der Waals surface area contributed by atoms with Crippen LogP contribution in [-0.4, -0.2) is 11.7 Å². The van der Waals surface area contributed by atoms with E-state index in [4.69, 9.17) is 10.8 Å². The first-order chi connectivity index (χ1) is 6.20. The van der Waals surface area contributed by atoms with Crippen LogP contribution in [0.3, 0.4) is 0 Å². The molecule has 1 aromatic carbocycles. The Morgan fingerprint density at radius 3 is 2.77 bits per heavy atom. The van der Waals surface area contributed by atoms with Crippen LogP contribution in [0.15, 0.2) is 18.2 Å². The lowest BCUT2D eigenvalue weighted by molar-refractivity contribution is 0.267. The highest BCUT2D eigenvalue weighted by Crippen LogP contribution is 2.19. The van der Waals surface area contributed by atoms with Gasteiger partial charge in [0.15, 0.2) is 0 Å². The van der Waals surface area contributed by atoms with Crippen LogP contribution in [-0.2, 0) is 6.42 Å². The molecule has 0 saturated heterocycles. The monoisotopic (exact) mass is 183 g/mol. The quantitative estimate of drug-likeness (QED) is 0.743. The predicted molar refractivity (Wildman–Crippen MR) is 49.8 cm³/mol. The zero-order valence-corrected chi connectivity index (χ0v) is 7.63. The fourth-order valence-electron chi connectivity index (χ4n) is 1.39. The Balaban J connectivity index is 3.12. The molecular formula is C10H14FNO. The topological polar surface area (TPSA) is 46.2 Å². The van der Waals surface area contributed by atoms with Gasteiger partial charge < -0.3 is 10.8 Å². The molecule has 3 N–H and O–H groups in total. The third kappa shape index (κ3) is 2.05. The van der Waals surface area contributed by atoms with E-state index in [1.165, 1.54) is 6.07 Å². The van der Waals surface area contributed by atoms with Crippen molar-refractivity contribution < 1.29 is 9.50 Å². The minimum absolute atomic E-state index is 0.156. The fourth-order valence-corrected chi connectivity index (χ4v) is 1.39. The second-order valence-electron chi connectivity index (χ2n) is 2.95. The van der Waals surface area contributed by atoms with Gasteiger partial charge in [0.1, 0.15) is 5.82 Å². The van der Waals surface area contributed by atoms with Crippen molar-refractivity contribution in [3.63, 3.8) is 0 Å². The summed E-state index contributed by atoms with van der Waals surface area (Å²) in [6.07, 6.45) is 0.593. The van der Waals surface area contributed by atoms with Gasteiger partial charge in [0.2, 0.25) is 0 Å². The number of halogens is 1. The van der Waals surface area contributed by atoms with Gasteiger partial charge in [-0.2, -0.15) is 0 Å². The molecule has 1 atom stereocenters. The highest BCUT2D eigenvalue weighted by Gasteiger charge is 2.11. The van der Waals surface area contributed by atoms with Crippen molar-refractivity contribution in [1.82, 2.24) is 0 Å². The maximum atomic E-state index is 13.2. The van der Waals surface area contributed by atoms with Gasteiger partial charge in [-0.3, -0.25) is 0 Å². The highest BCUT2D eigenvalue weighted by atomic mass is 19.1. The van der Waals surface area contributed by atoms with Crippen LogP contribution in [0.1, 0.15) is 24.1 Å². The molecule has 1 aromatic rings. The summed E-state index contributed by atoms with van der Waals surface area (Å²) in [4.78, 5) is 0. The summed E-state index contributed by atoms with van der Waals surface area (Å²) < 4.78 is 13.2. The molecule has 2 nitrogen and oxygen atoms in total. The summed E-state index contributed by atoms with van der Waals surface area (Å²) in [5.74, 6) is -0.246. The van der Waals surface area contributed by atoms with Crippen LogP contribution >= 0.6 is 0 Å². The van der Waals surface area contributed by atoms with E-state index in [9.17, 15) is 4.39 Å². The van der Waals surface area contributed by atoms with Crippen LogP contribution in [0.2, 0.25) is 0 Å². The Labute approximate surface area is 77.2 Å². The van der Waals surface area contributed by atoms with Gasteiger partial charge in [0.05, 0.1) is 12.6 Å². The smallest absolute Gasteiger partial charge is 0.126 e. The van der Waals surface area contributed by atoms with Gasteiger partial charge in [0.25, 0.3) is 0 Å². The second kappa shape index (κ2) is 4.35. The molecule has 0 bridgehead atoms. The lowest BCUT2D eigenvalue weighted by Gasteiger charge is -2.13. The Morgan fingerprint density at radius 2 is 2.23 bits per heavy atom. The molecule has 13 heavy (non-hydrogen) atoms. The molecule has 0 heterocycles. The summed E-state index contributed by atoms with van der Waals surface area (Å²) in [7, 11) is 0. The largest absolute Gasteiger partial charge is 0.394 e. The molecule has 0 aliphatic heterocycles. The Hall–Kier alpha value is -0.930. The lowest BCUT2D eigenvalue weighted by atomic mass is 9.99. The van der Waals surface area contributed by atoms with Crippen molar-refractivity contribution in [2.75, 3.05) is 6.61 Å².